The Hall–Kier alpha value is -1.93. The quantitative estimate of drug-likeness (QED) is 0.127. The molecule has 0 bridgehead atoms. The summed E-state index contributed by atoms with van der Waals surface area (Å²) in [7, 11) is 1.57. The standard InChI is InChI=1S/C27H24Cl4N2O3.BrH/c1-35-23-4-2-3-19(13-23)25(34)15-32-11-12-33(17-32)27(31)26(18-5-8-21(28)9-6-18)36-16-20-7-10-22(29)14-24(20)30;/h2-14,26-27H,15-17H2,1H3;1H. The van der Waals surface area contributed by atoms with Gasteiger partial charge in [-0.15, -0.1) is 17.0 Å². The zero-order chi connectivity index (χ0) is 25.7. The number of carbonyl (C=O) groups is 1. The number of nitrogens with zero attached hydrogens (tertiary/aromatic N) is 2. The number of methoxy groups -OCH3 is 1. The Morgan fingerprint density at radius 3 is 2.41 bits per heavy atom. The fraction of sp³-hybridized carbons (Fsp3) is 0.222. The van der Waals surface area contributed by atoms with Crippen molar-refractivity contribution in [2.45, 2.75) is 18.2 Å². The molecule has 0 saturated carbocycles. The molecule has 3 aromatic carbocycles. The number of hydrogen-bond acceptors (Lipinski definition) is 5. The average Bonchev–Trinajstić information content (AvgIpc) is 3.34. The number of carbonyl (C=O) groups excluding carboxylic acids is 1. The van der Waals surface area contributed by atoms with E-state index in [1.807, 2.05) is 40.4 Å². The van der Waals surface area contributed by atoms with E-state index in [9.17, 15) is 4.79 Å². The van der Waals surface area contributed by atoms with Crippen LogP contribution in [-0.4, -0.2) is 41.4 Å². The Morgan fingerprint density at radius 1 is 0.973 bits per heavy atom. The maximum absolute atomic E-state index is 12.8. The minimum absolute atomic E-state index is 0. The number of benzene rings is 3. The molecule has 0 spiro atoms. The molecule has 10 heteroatoms. The fourth-order valence-corrected chi connectivity index (χ4v) is 4.73. The lowest BCUT2D eigenvalue weighted by atomic mass is 10.1. The molecule has 0 fully saturated rings. The molecule has 0 aromatic heterocycles. The molecule has 2 unspecified atom stereocenters. The third kappa shape index (κ3) is 7.79. The number of rotatable bonds is 10. The van der Waals surface area contributed by atoms with Gasteiger partial charge in [-0.3, -0.25) is 4.79 Å². The maximum Gasteiger partial charge on any atom is 0.182 e. The molecule has 0 amide bonds. The minimum Gasteiger partial charge on any atom is -0.497 e. The molecule has 0 aliphatic carbocycles. The summed E-state index contributed by atoms with van der Waals surface area (Å²) >= 11 is 25.4. The van der Waals surface area contributed by atoms with E-state index < -0.39 is 11.6 Å². The van der Waals surface area contributed by atoms with Crippen LogP contribution in [0.4, 0.5) is 0 Å². The molecule has 2 atom stereocenters. The van der Waals surface area contributed by atoms with Crippen molar-refractivity contribution in [3.05, 3.63) is 111 Å². The highest BCUT2D eigenvalue weighted by molar-refractivity contribution is 8.93. The largest absolute Gasteiger partial charge is 0.497 e. The highest BCUT2D eigenvalue weighted by atomic mass is 79.9. The Balaban J connectivity index is 0.00000380. The van der Waals surface area contributed by atoms with Gasteiger partial charge in [0.15, 0.2) is 5.78 Å². The van der Waals surface area contributed by atoms with Crippen LogP contribution >= 0.6 is 63.4 Å². The normalized spacial score (nSPS) is 14.3. The van der Waals surface area contributed by atoms with Crippen molar-refractivity contribution in [2.75, 3.05) is 20.3 Å². The average molecular weight is 647 g/mol. The Labute approximate surface area is 247 Å². The Morgan fingerprint density at radius 2 is 1.70 bits per heavy atom. The summed E-state index contributed by atoms with van der Waals surface area (Å²) in [5.41, 5.74) is 1.69. The van der Waals surface area contributed by atoms with Crippen molar-refractivity contribution in [2.24, 2.45) is 0 Å². The first-order valence-electron chi connectivity index (χ1n) is 11.1. The molecule has 1 heterocycles. The number of ketones is 1. The van der Waals surface area contributed by atoms with Gasteiger partial charge in [0.25, 0.3) is 0 Å². The summed E-state index contributed by atoms with van der Waals surface area (Å²) < 4.78 is 11.5. The third-order valence-corrected chi connectivity index (χ3v) is 7.07. The summed E-state index contributed by atoms with van der Waals surface area (Å²) in [6.45, 7) is 0.873. The smallest absolute Gasteiger partial charge is 0.182 e. The predicted molar refractivity (Wildman–Crippen MR) is 155 cm³/mol. The molecule has 37 heavy (non-hydrogen) atoms. The van der Waals surface area contributed by atoms with E-state index >= 15 is 0 Å². The van der Waals surface area contributed by atoms with Crippen molar-refractivity contribution >= 4 is 69.2 Å². The van der Waals surface area contributed by atoms with Crippen LogP contribution in [0.2, 0.25) is 15.1 Å². The summed E-state index contributed by atoms with van der Waals surface area (Å²) in [6, 6.07) is 19.7. The Bertz CT molecular complexity index is 1240. The molecule has 196 valence electrons. The van der Waals surface area contributed by atoms with Crippen LogP contribution in [0.15, 0.2) is 79.1 Å². The second-order valence-electron chi connectivity index (χ2n) is 8.25. The van der Waals surface area contributed by atoms with Gasteiger partial charge in [0.2, 0.25) is 0 Å². The van der Waals surface area contributed by atoms with E-state index in [0.717, 1.165) is 11.1 Å². The first-order valence-corrected chi connectivity index (χ1v) is 12.7. The molecule has 1 aliphatic heterocycles. The number of halogens is 5. The molecule has 4 rings (SSSR count). The third-order valence-electron chi connectivity index (χ3n) is 5.75. The molecule has 1 aliphatic rings. The number of ether oxygens (including phenoxy) is 2. The van der Waals surface area contributed by atoms with E-state index in [-0.39, 0.29) is 35.9 Å². The first kappa shape index (κ1) is 29.6. The van der Waals surface area contributed by atoms with E-state index in [1.165, 1.54) is 0 Å². The van der Waals surface area contributed by atoms with Crippen molar-refractivity contribution in [1.29, 1.82) is 0 Å². The lowest BCUT2D eigenvalue weighted by Gasteiger charge is -2.31. The van der Waals surface area contributed by atoms with Gasteiger partial charge in [-0.25, -0.2) is 0 Å². The van der Waals surface area contributed by atoms with Gasteiger partial charge in [0, 0.05) is 33.0 Å². The molecular formula is C27H25BrCl4N2O3. The highest BCUT2D eigenvalue weighted by Gasteiger charge is 2.30. The van der Waals surface area contributed by atoms with Crippen molar-refractivity contribution < 1.29 is 14.3 Å². The lowest BCUT2D eigenvalue weighted by Crippen LogP contribution is -2.37. The summed E-state index contributed by atoms with van der Waals surface area (Å²) in [4.78, 5) is 16.6. The lowest BCUT2D eigenvalue weighted by molar-refractivity contribution is 0.00699. The van der Waals surface area contributed by atoms with E-state index in [1.54, 1.807) is 55.6 Å². The monoisotopic (exact) mass is 644 g/mol. The zero-order valence-electron chi connectivity index (χ0n) is 19.8. The summed E-state index contributed by atoms with van der Waals surface area (Å²) in [6.07, 6.45) is 3.20. The second-order valence-corrected chi connectivity index (χ2v) is 9.97. The van der Waals surface area contributed by atoms with Crippen LogP contribution in [0.3, 0.4) is 0 Å². The maximum atomic E-state index is 12.8. The van der Waals surface area contributed by atoms with Gasteiger partial charge >= 0.3 is 0 Å². The molecule has 0 radical (unpaired) electrons. The molecule has 0 saturated heterocycles. The highest BCUT2D eigenvalue weighted by Crippen LogP contribution is 2.33. The van der Waals surface area contributed by atoms with Crippen LogP contribution in [0.25, 0.3) is 0 Å². The first-order chi connectivity index (χ1) is 17.3. The van der Waals surface area contributed by atoms with Crippen molar-refractivity contribution in [1.82, 2.24) is 9.80 Å². The van der Waals surface area contributed by atoms with E-state index in [2.05, 4.69) is 0 Å². The zero-order valence-corrected chi connectivity index (χ0v) is 24.6. The molecule has 5 nitrogen and oxygen atoms in total. The number of hydrogen-bond donors (Lipinski definition) is 0. The molecular weight excluding hydrogens is 622 g/mol. The Kier molecular flexibility index (Phi) is 11.0. The summed E-state index contributed by atoms with van der Waals surface area (Å²) in [5.74, 6) is 0.624. The van der Waals surface area contributed by atoms with Crippen LogP contribution in [-0.2, 0) is 11.3 Å². The van der Waals surface area contributed by atoms with E-state index in [0.29, 0.717) is 33.0 Å². The molecule has 3 aromatic rings. The number of Topliss-reactive ketones (excluding diaryl/α,β-unsaturated/α-hetero) is 1. The SMILES string of the molecule is Br.COc1cccc(C(=O)CN2C=CN(C(Cl)C(OCc3ccc(Cl)cc3Cl)c3ccc(Cl)cc3)C2)c1. The fourth-order valence-electron chi connectivity index (χ4n) is 3.80. The van der Waals surface area contributed by atoms with Crippen molar-refractivity contribution in [3.8, 4) is 5.75 Å². The predicted octanol–water partition coefficient (Wildman–Crippen LogP) is 7.99. The minimum atomic E-state index is -0.564. The van der Waals surface area contributed by atoms with Crippen LogP contribution in [0.1, 0.15) is 27.6 Å². The van der Waals surface area contributed by atoms with Gasteiger partial charge < -0.3 is 19.3 Å². The second kappa shape index (κ2) is 13.7. The molecule has 0 N–H and O–H groups in total. The van der Waals surface area contributed by atoms with E-state index in [4.69, 9.17) is 55.9 Å². The van der Waals surface area contributed by atoms with Crippen LogP contribution in [0.5, 0.6) is 5.75 Å². The topological polar surface area (TPSA) is 42.0 Å². The van der Waals surface area contributed by atoms with Gasteiger partial charge in [-0.1, -0.05) is 76.7 Å². The van der Waals surface area contributed by atoms with Crippen LogP contribution < -0.4 is 4.74 Å². The van der Waals surface area contributed by atoms with Gasteiger partial charge in [0.1, 0.15) is 17.4 Å². The van der Waals surface area contributed by atoms with Gasteiger partial charge in [-0.2, -0.15) is 0 Å². The van der Waals surface area contributed by atoms with Crippen LogP contribution in [0, 0.1) is 0 Å². The number of alkyl halides is 1. The van der Waals surface area contributed by atoms with Gasteiger partial charge in [-0.05, 0) is 47.5 Å². The summed E-state index contributed by atoms with van der Waals surface area (Å²) in [5, 5.41) is 1.69. The van der Waals surface area contributed by atoms with Crippen molar-refractivity contribution in [3.63, 3.8) is 0 Å². The van der Waals surface area contributed by atoms with Gasteiger partial charge in [0.05, 0.1) is 26.9 Å².